The molecular formula is C17H27ClN2O2S. The van der Waals surface area contributed by atoms with Gasteiger partial charge < -0.3 is 0 Å². The van der Waals surface area contributed by atoms with Gasteiger partial charge in [-0.15, -0.1) is 0 Å². The molecule has 0 spiro atoms. The van der Waals surface area contributed by atoms with E-state index in [0.29, 0.717) is 23.0 Å². The second-order valence-corrected chi connectivity index (χ2v) is 8.94. The van der Waals surface area contributed by atoms with E-state index in [1.807, 2.05) is 6.07 Å². The highest BCUT2D eigenvalue weighted by Crippen LogP contribution is 2.19. The van der Waals surface area contributed by atoms with E-state index in [1.165, 1.54) is 12.8 Å². The Bertz CT molecular complexity index is 598. The van der Waals surface area contributed by atoms with Gasteiger partial charge in [0, 0.05) is 17.6 Å². The molecule has 1 N–H and O–H groups in total. The topological polar surface area (TPSA) is 49.4 Å². The highest BCUT2D eigenvalue weighted by molar-refractivity contribution is 7.88. The first-order valence-corrected chi connectivity index (χ1v) is 10.3. The lowest BCUT2D eigenvalue weighted by Gasteiger charge is -2.29. The van der Waals surface area contributed by atoms with Crippen LogP contribution in [0.25, 0.3) is 0 Å². The molecule has 23 heavy (non-hydrogen) atoms. The van der Waals surface area contributed by atoms with Crippen molar-refractivity contribution in [2.24, 2.45) is 5.92 Å². The van der Waals surface area contributed by atoms with Crippen molar-refractivity contribution in [2.45, 2.75) is 44.9 Å². The second-order valence-electron chi connectivity index (χ2n) is 6.73. The summed E-state index contributed by atoms with van der Waals surface area (Å²) in [5.41, 5.74) is 0.642. The molecule has 1 aromatic carbocycles. The minimum atomic E-state index is -3.38. The molecule has 1 fully saturated rings. The van der Waals surface area contributed by atoms with Crippen LogP contribution in [-0.2, 0) is 15.8 Å². The monoisotopic (exact) mass is 358 g/mol. The fourth-order valence-electron chi connectivity index (χ4n) is 3.11. The smallest absolute Gasteiger partial charge is 0.215 e. The number of rotatable bonds is 8. The summed E-state index contributed by atoms with van der Waals surface area (Å²) in [7, 11) is -3.38. The summed E-state index contributed by atoms with van der Waals surface area (Å²) in [6, 6.07) is 7.37. The van der Waals surface area contributed by atoms with Crippen molar-refractivity contribution in [2.75, 3.05) is 19.6 Å². The zero-order valence-electron chi connectivity index (χ0n) is 14.0. The van der Waals surface area contributed by atoms with Gasteiger partial charge >= 0.3 is 0 Å². The maximum Gasteiger partial charge on any atom is 0.215 e. The van der Waals surface area contributed by atoms with Gasteiger partial charge in [-0.05, 0) is 49.9 Å². The molecule has 1 heterocycles. The Morgan fingerprint density at radius 2 is 1.87 bits per heavy atom. The number of benzene rings is 1. The molecule has 0 saturated carbocycles. The summed E-state index contributed by atoms with van der Waals surface area (Å²) in [6.45, 7) is 6.99. The molecule has 1 aromatic rings. The lowest BCUT2D eigenvalue weighted by Crippen LogP contribution is -2.43. The first kappa shape index (κ1) is 18.7. The molecule has 6 heteroatoms. The van der Waals surface area contributed by atoms with Gasteiger partial charge in [0.2, 0.25) is 10.0 Å². The van der Waals surface area contributed by atoms with Gasteiger partial charge in [-0.1, -0.05) is 43.6 Å². The molecular weight excluding hydrogens is 332 g/mol. The van der Waals surface area contributed by atoms with Crippen molar-refractivity contribution in [1.29, 1.82) is 0 Å². The molecule has 0 aromatic heterocycles. The van der Waals surface area contributed by atoms with Gasteiger partial charge in [-0.25, -0.2) is 13.1 Å². The Morgan fingerprint density at radius 3 is 2.48 bits per heavy atom. The van der Waals surface area contributed by atoms with Gasteiger partial charge in [0.1, 0.15) is 0 Å². The molecule has 1 unspecified atom stereocenters. The summed E-state index contributed by atoms with van der Waals surface area (Å²) in [5.74, 6) is 0.481. The Labute approximate surface area is 145 Å². The van der Waals surface area contributed by atoms with E-state index in [1.54, 1.807) is 18.2 Å². The van der Waals surface area contributed by atoms with E-state index < -0.39 is 10.0 Å². The Kier molecular flexibility index (Phi) is 6.89. The van der Waals surface area contributed by atoms with Gasteiger partial charge in [0.15, 0.2) is 0 Å². The first-order chi connectivity index (χ1) is 10.9. The van der Waals surface area contributed by atoms with E-state index >= 15 is 0 Å². The van der Waals surface area contributed by atoms with Crippen LogP contribution in [0, 0.1) is 5.92 Å². The fraction of sp³-hybridized carbons (Fsp3) is 0.647. The highest BCUT2D eigenvalue weighted by Gasteiger charge is 2.24. The number of nitrogens with zero attached hydrogens (tertiary/aromatic N) is 1. The third-order valence-corrected chi connectivity index (χ3v) is 5.91. The minimum Gasteiger partial charge on any atom is -0.299 e. The third-order valence-electron chi connectivity index (χ3n) is 4.24. The van der Waals surface area contributed by atoms with Crippen LogP contribution < -0.4 is 4.72 Å². The van der Waals surface area contributed by atoms with Crippen LogP contribution in [0.2, 0.25) is 5.02 Å². The zero-order valence-corrected chi connectivity index (χ0v) is 15.5. The van der Waals surface area contributed by atoms with Gasteiger partial charge in [-0.3, -0.25) is 4.90 Å². The largest absolute Gasteiger partial charge is 0.299 e. The van der Waals surface area contributed by atoms with Crippen molar-refractivity contribution in [3.63, 3.8) is 0 Å². The third kappa shape index (κ3) is 6.07. The van der Waals surface area contributed by atoms with E-state index in [4.69, 9.17) is 11.6 Å². The lowest BCUT2D eigenvalue weighted by molar-refractivity contribution is 0.214. The minimum absolute atomic E-state index is 0.0684. The van der Waals surface area contributed by atoms with Gasteiger partial charge in [-0.2, -0.15) is 0 Å². The van der Waals surface area contributed by atoms with E-state index in [9.17, 15) is 8.42 Å². The second kappa shape index (κ2) is 8.47. The normalized spacial score (nSPS) is 17.7. The average Bonchev–Trinajstić information content (AvgIpc) is 2.99. The number of likely N-dealkylation sites (tertiary alicyclic amines) is 1. The molecule has 1 aliphatic heterocycles. The van der Waals surface area contributed by atoms with E-state index in [0.717, 1.165) is 19.5 Å². The quantitative estimate of drug-likeness (QED) is 0.775. The van der Waals surface area contributed by atoms with Crippen molar-refractivity contribution < 1.29 is 8.42 Å². The fourth-order valence-corrected chi connectivity index (χ4v) is 4.60. The predicted molar refractivity (Wildman–Crippen MR) is 96.1 cm³/mol. The zero-order chi connectivity index (χ0) is 16.9. The molecule has 1 aliphatic rings. The lowest BCUT2D eigenvalue weighted by atomic mass is 10.0. The molecule has 0 amide bonds. The number of hydrogen-bond donors (Lipinski definition) is 1. The summed E-state index contributed by atoms with van der Waals surface area (Å²) in [5, 5.41) is 0.496. The highest BCUT2D eigenvalue weighted by atomic mass is 35.5. The molecule has 130 valence electrons. The standard InChI is InChI=1S/C17H27ClN2O2S/c1-14(2)11-16(20-9-5-6-10-20)12-19-23(21,22)13-15-7-3-4-8-17(15)18/h3-4,7-8,14,16,19H,5-6,9-13H2,1-2H3. The van der Waals surface area contributed by atoms with Crippen LogP contribution in [0.15, 0.2) is 24.3 Å². The maximum atomic E-state index is 12.4. The van der Waals surface area contributed by atoms with Crippen molar-refractivity contribution in [3.8, 4) is 0 Å². The summed E-state index contributed by atoms with van der Waals surface area (Å²) >= 11 is 6.07. The maximum absolute atomic E-state index is 12.4. The predicted octanol–water partition coefficient (Wildman–Crippen LogP) is 3.27. The molecule has 1 saturated heterocycles. The Balaban J connectivity index is 1.96. The number of sulfonamides is 1. The molecule has 0 radical (unpaired) electrons. The summed E-state index contributed by atoms with van der Waals surface area (Å²) < 4.78 is 27.5. The van der Waals surface area contributed by atoms with Crippen LogP contribution in [0.3, 0.4) is 0 Å². The molecule has 0 aliphatic carbocycles. The van der Waals surface area contributed by atoms with E-state index in [-0.39, 0.29) is 11.8 Å². The van der Waals surface area contributed by atoms with Crippen LogP contribution in [0.4, 0.5) is 0 Å². The molecule has 0 bridgehead atoms. The van der Waals surface area contributed by atoms with Crippen LogP contribution >= 0.6 is 11.6 Å². The van der Waals surface area contributed by atoms with Crippen molar-refractivity contribution in [1.82, 2.24) is 9.62 Å². The number of hydrogen-bond acceptors (Lipinski definition) is 3. The van der Waals surface area contributed by atoms with Gasteiger partial charge in [0.05, 0.1) is 5.75 Å². The SMILES string of the molecule is CC(C)CC(CNS(=O)(=O)Cc1ccccc1Cl)N1CCCC1. The van der Waals surface area contributed by atoms with Crippen LogP contribution in [0.1, 0.15) is 38.7 Å². The summed E-state index contributed by atoms with van der Waals surface area (Å²) in [6.07, 6.45) is 3.43. The van der Waals surface area contributed by atoms with Gasteiger partial charge in [0.25, 0.3) is 0 Å². The van der Waals surface area contributed by atoms with Crippen LogP contribution in [0.5, 0.6) is 0 Å². The van der Waals surface area contributed by atoms with Crippen molar-refractivity contribution >= 4 is 21.6 Å². The summed E-state index contributed by atoms with van der Waals surface area (Å²) in [4.78, 5) is 2.41. The van der Waals surface area contributed by atoms with Crippen LogP contribution in [-0.4, -0.2) is 39.0 Å². The molecule has 2 rings (SSSR count). The molecule has 4 nitrogen and oxygen atoms in total. The molecule has 1 atom stereocenters. The van der Waals surface area contributed by atoms with Crippen molar-refractivity contribution in [3.05, 3.63) is 34.9 Å². The number of nitrogens with one attached hydrogen (secondary N) is 1. The Hall–Kier alpha value is -0.620. The number of halogens is 1. The first-order valence-electron chi connectivity index (χ1n) is 8.32. The average molecular weight is 359 g/mol. The Morgan fingerprint density at radius 1 is 1.22 bits per heavy atom. The van der Waals surface area contributed by atoms with E-state index in [2.05, 4.69) is 23.5 Å².